The summed E-state index contributed by atoms with van der Waals surface area (Å²) in [4.78, 5) is 92.1. The van der Waals surface area contributed by atoms with E-state index in [0.29, 0.717) is 103 Å². The number of benzene rings is 3. The van der Waals surface area contributed by atoms with Gasteiger partial charge in [-0.3, -0.25) is 49.1 Å². The molecular formula is C58H70FN11O10. The summed E-state index contributed by atoms with van der Waals surface area (Å²) < 4.78 is 38.3. The maximum Gasteiger partial charge on any atom is 0.262 e. The minimum atomic E-state index is -1.14. The van der Waals surface area contributed by atoms with Gasteiger partial charge in [0.1, 0.15) is 17.6 Å². The second kappa shape index (κ2) is 27.5. The second-order valence-electron chi connectivity index (χ2n) is 20.5. The van der Waals surface area contributed by atoms with Crippen molar-refractivity contribution in [3.8, 4) is 17.1 Å². The van der Waals surface area contributed by atoms with Gasteiger partial charge >= 0.3 is 0 Å². The number of piperidine rings is 2. The Labute approximate surface area is 464 Å². The lowest BCUT2D eigenvalue weighted by molar-refractivity contribution is -0.136. The van der Waals surface area contributed by atoms with Crippen LogP contribution in [0.15, 0.2) is 85.2 Å². The molecule has 424 valence electrons. The number of hydrogen-bond donors (Lipinski definition) is 4. The number of likely N-dealkylation sites (tertiary alicyclic amines) is 1. The van der Waals surface area contributed by atoms with Gasteiger partial charge in [-0.25, -0.2) is 9.37 Å². The van der Waals surface area contributed by atoms with E-state index in [1.54, 1.807) is 22.2 Å². The molecule has 0 spiro atoms. The fourth-order valence-electron chi connectivity index (χ4n) is 10.3. The number of nitrogens with one attached hydrogen (secondary N) is 4. The zero-order valence-corrected chi connectivity index (χ0v) is 45.2. The van der Waals surface area contributed by atoms with Crippen molar-refractivity contribution in [1.82, 2.24) is 45.5 Å². The van der Waals surface area contributed by atoms with Crippen molar-refractivity contribution in [1.29, 1.82) is 0 Å². The fraction of sp³-hybridized carbons (Fsp3) is 0.466. The SMILES string of the molecule is CN1CCC(Nc2cccc(C(=O)NCc3ccc(OCCCCCCOCCOCCOCCCC(=O)N4CCN(c5cc6c(cc5F)C(=O)N(C5CCC(=O)NC5=O)C6=O)CC4)cc3)c2)(c2nc(-c3ccncc3)n[nH]2)CC1. The Morgan fingerprint density at radius 2 is 1.44 bits per heavy atom. The molecule has 2 aromatic heterocycles. The normalized spacial score (nSPS) is 17.4. The Morgan fingerprint density at radius 3 is 2.15 bits per heavy atom. The first kappa shape index (κ1) is 57.0. The van der Waals surface area contributed by atoms with Crippen LogP contribution in [0.5, 0.6) is 5.75 Å². The molecule has 1 unspecified atom stereocenters. The molecule has 3 fully saturated rings. The zero-order valence-electron chi connectivity index (χ0n) is 45.2. The van der Waals surface area contributed by atoms with Crippen molar-refractivity contribution in [2.45, 2.75) is 82.3 Å². The Bertz CT molecular complexity index is 2950. The van der Waals surface area contributed by atoms with E-state index in [9.17, 15) is 28.8 Å². The van der Waals surface area contributed by atoms with E-state index in [1.165, 1.54) is 6.07 Å². The average molecular weight is 1100 g/mol. The summed E-state index contributed by atoms with van der Waals surface area (Å²) in [6.45, 7) is 6.99. The molecule has 6 amide bonds. The van der Waals surface area contributed by atoms with Crippen LogP contribution in [-0.4, -0.2) is 169 Å². The van der Waals surface area contributed by atoms with Gasteiger partial charge in [-0.05, 0) is 112 Å². The van der Waals surface area contributed by atoms with Crippen LogP contribution in [-0.2, 0) is 40.7 Å². The number of nitrogens with zero attached hydrogens (tertiary/aromatic N) is 7. The average Bonchev–Trinajstić information content (AvgIpc) is 4.15. The summed E-state index contributed by atoms with van der Waals surface area (Å²) in [5.74, 6) is -1.37. The molecule has 9 rings (SSSR count). The number of piperazine rings is 1. The van der Waals surface area contributed by atoms with Gasteiger partial charge in [0, 0.05) is 101 Å². The smallest absolute Gasteiger partial charge is 0.262 e. The van der Waals surface area contributed by atoms with E-state index in [4.69, 9.17) is 23.9 Å². The van der Waals surface area contributed by atoms with E-state index < -0.39 is 41.0 Å². The number of rotatable bonds is 27. The number of hydrogen-bond acceptors (Lipinski definition) is 16. The van der Waals surface area contributed by atoms with Crippen molar-refractivity contribution in [2.75, 3.05) is 103 Å². The minimum Gasteiger partial charge on any atom is -0.494 e. The van der Waals surface area contributed by atoms with Gasteiger partial charge in [0.15, 0.2) is 11.6 Å². The number of fused-ring (bicyclic) bond motifs is 1. The van der Waals surface area contributed by atoms with Crippen LogP contribution >= 0.6 is 0 Å². The van der Waals surface area contributed by atoms with Crippen LogP contribution in [0.4, 0.5) is 15.8 Å². The number of aromatic amines is 1. The van der Waals surface area contributed by atoms with Crippen LogP contribution in [0.2, 0.25) is 0 Å². The number of carbonyl (C=O) groups excluding carboxylic acids is 6. The molecule has 0 radical (unpaired) electrons. The lowest BCUT2D eigenvalue weighted by atomic mass is 9.86. The summed E-state index contributed by atoms with van der Waals surface area (Å²) in [6.07, 6.45) is 9.86. The molecule has 0 saturated carbocycles. The first-order valence-corrected chi connectivity index (χ1v) is 27.7. The fourth-order valence-corrected chi connectivity index (χ4v) is 10.3. The number of amides is 6. The number of aromatic nitrogens is 4. The Kier molecular flexibility index (Phi) is 19.6. The summed E-state index contributed by atoms with van der Waals surface area (Å²) >= 11 is 0. The highest BCUT2D eigenvalue weighted by Gasteiger charge is 2.46. The van der Waals surface area contributed by atoms with Crippen molar-refractivity contribution in [2.24, 2.45) is 0 Å². The van der Waals surface area contributed by atoms with Crippen molar-refractivity contribution < 1.29 is 52.1 Å². The number of halogens is 1. The van der Waals surface area contributed by atoms with E-state index >= 15 is 4.39 Å². The van der Waals surface area contributed by atoms with Crippen molar-refractivity contribution in [3.05, 3.63) is 119 Å². The van der Waals surface area contributed by atoms with Crippen LogP contribution in [0.3, 0.4) is 0 Å². The molecule has 4 aliphatic rings. The maximum atomic E-state index is 15.3. The van der Waals surface area contributed by atoms with Gasteiger partial charge in [0.05, 0.1) is 55.4 Å². The third-order valence-corrected chi connectivity index (χ3v) is 15.0. The molecule has 6 heterocycles. The molecule has 0 aliphatic carbocycles. The maximum absolute atomic E-state index is 15.3. The van der Waals surface area contributed by atoms with E-state index in [0.717, 1.165) is 91.0 Å². The second-order valence-corrected chi connectivity index (χ2v) is 20.5. The topological polar surface area (TPSA) is 243 Å². The summed E-state index contributed by atoms with van der Waals surface area (Å²) in [5.41, 5.74) is 2.81. The molecule has 4 N–H and O–H groups in total. The Hall–Kier alpha value is -7.66. The first-order valence-electron chi connectivity index (χ1n) is 27.7. The number of anilines is 2. The summed E-state index contributed by atoms with van der Waals surface area (Å²) in [5, 5.41) is 16.7. The van der Waals surface area contributed by atoms with Gasteiger partial charge in [-0.15, -0.1) is 0 Å². The van der Waals surface area contributed by atoms with Crippen LogP contribution < -0.4 is 25.6 Å². The number of carbonyl (C=O) groups is 6. The number of ether oxygens (including phenoxy) is 4. The molecule has 80 heavy (non-hydrogen) atoms. The third kappa shape index (κ3) is 14.6. The lowest BCUT2D eigenvalue weighted by Crippen LogP contribution is -2.54. The molecule has 1 atom stereocenters. The molecule has 5 aromatic rings. The highest BCUT2D eigenvalue weighted by Crippen LogP contribution is 2.36. The van der Waals surface area contributed by atoms with Crippen LogP contribution in [0.1, 0.15) is 107 Å². The molecule has 22 heteroatoms. The molecule has 3 aromatic carbocycles. The summed E-state index contributed by atoms with van der Waals surface area (Å²) in [7, 11) is 2.12. The summed E-state index contributed by atoms with van der Waals surface area (Å²) in [6, 6.07) is 20.4. The van der Waals surface area contributed by atoms with Crippen molar-refractivity contribution in [3.63, 3.8) is 0 Å². The number of H-pyrrole nitrogens is 1. The lowest BCUT2D eigenvalue weighted by Gasteiger charge is -2.40. The molecule has 4 aliphatic heterocycles. The predicted octanol–water partition coefficient (Wildman–Crippen LogP) is 5.49. The molecular weight excluding hydrogens is 1030 g/mol. The first-order chi connectivity index (χ1) is 38.9. The largest absolute Gasteiger partial charge is 0.494 e. The van der Waals surface area contributed by atoms with Crippen molar-refractivity contribution >= 4 is 46.8 Å². The Balaban J connectivity index is 0.566. The third-order valence-electron chi connectivity index (χ3n) is 15.0. The number of unbranched alkanes of at least 4 members (excludes halogenated alkanes) is 3. The Morgan fingerprint density at radius 1 is 0.762 bits per heavy atom. The van der Waals surface area contributed by atoms with Gasteiger partial charge in [0.25, 0.3) is 17.7 Å². The molecule has 0 bridgehead atoms. The van der Waals surface area contributed by atoms with Gasteiger partial charge in [0.2, 0.25) is 17.7 Å². The van der Waals surface area contributed by atoms with Gasteiger partial charge in [-0.1, -0.05) is 24.6 Å². The molecule has 3 saturated heterocycles. The van der Waals surface area contributed by atoms with E-state index in [1.807, 2.05) is 60.7 Å². The highest BCUT2D eigenvalue weighted by molar-refractivity contribution is 6.23. The standard InChI is InChI=1S/C58H70FN11O10/c1-67-23-19-58(20-24-67,57-63-52(65-66-57)41-17-21-60-22-18-41)64-43-9-6-8-42(36-43)53(73)61-39-40-11-13-44(14-12-40)80-31-5-3-2-4-29-77-32-34-79-35-33-78-30-7-10-51(72)69-27-25-68(26-28-69)49-38-46-45(37-47(49)59)55(75)70(56(46)76)48-15-16-50(71)62-54(48)74/h6,8-9,11-14,17-18,21-22,36-38,48,64H,2-5,7,10,15-16,19-20,23-35,39H2,1H3,(H,61,73)(H,62,71,74)(H,63,65,66). The highest BCUT2D eigenvalue weighted by atomic mass is 19.1. The van der Waals surface area contributed by atoms with Crippen LogP contribution in [0.25, 0.3) is 11.4 Å². The van der Waals surface area contributed by atoms with Gasteiger partial charge < -0.3 is 44.3 Å². The van der Waals surface area contributed by atoms with Gasteiger partial charge in [-0.2, -0.15) is 5.10 Å². The van der Waals surface area contributed by atoms with E-state index in [2.05, 4.69) is 43.1 Å². The number of imide groups is 2. The minimum absolute atomic E-state index is 0.00508. The van der Waals surface area contributed by atoms with E-state index in [-0.39, 0.29) is 41.5 Å². The molecule has 21 nitrogen and oxygen atoms in total. The monoisotopic (exact) mass is 1100 g/mol. The quantitative estimate of drug-likeness (QED) is 0.0376. The van der Waals surface area contributed by atoms with Crippen LogP contribution in [0, 0.1) is 5.82 Å². The zero-order chi connectivity index (χ0) is 55.8. The predicted molar refractivity (Wildman–Crippen MR) is 293 cm³/mol. The number of pyridine rings is 1.